The molecule has 0 bridgehead atoms. The van der Waals surface area contributed by atoms with E-state index in [1.165, 1.54) is 12.4 Å². The van der Waals surface area contributed by atoms with Crippen molar-refractivity contribution in [3.8, 4) is 0 Å². The third-order valence-corrected chi connectivity index (χ3v) is 3.70. The highest BCUT2D eigenvalue weighted by Crippen LogP contribution is 2.05. The van der Waals surface area contributed by atoms with Crippen LogP contribution in [0.15, 0.2) is 23.6 Å². The van der Waals surface area contributed by atoms with Crippen LogP contribution in [-0.4, -0.2) is 37.5 Å². The van der Waals surface area contributed by atoms with Crippen molar-refractivity contribution in [2.75, 3.05) is 13.1 Å². The second kappa shape index (κ2) is 4.86. The number of sulfonamides is 1. The molecule has 0 aliphatic carbocycles. The highest BCUT2D eigenvalue weighted by Gasteiger charge is 2.20. The van der Waals surface area contributed by atoms with E-state index < -0.39 is 10.0 Å². The number of hydrogen-bond acceptors (Lipinski definition) is 5. The first-order valence-electron chi connectivity index (χ1n) is 5.18. The summed E-state index contributed by atoms with van der Waals surface area (Å²) in [6.07, 6.45) is 4.91. The van der Waals surface area contributed by atoms with Crippen LogP contribution in [0.5, 0.6) is 0 Å². The fraction of sp³-hybridized carbons (Fsp3) is 0.556. The van der Waals surface area contributed by atoms with E-state index in [1.54, 1.807) is 6.07 Å². The summed E-state index contributed by atoms with van der Waals surface area (Å²) in [6, 6.07) is 1.80. The van der Waals surface area contributed by atoms with Crippen LogP contribution in [0.1, 0.15) is 12.8 Å². The Hall–Kier alpha value is -1.05. The first kappa shape index (κ1) is 11.4. The Balaban J connectivity index is 1.98. The monoisotopic (exact) mass is 242 g/mol. The van der Waals surface area contributed by atoms with Gasteiger partial charge in [0.25, 0.3) is 15.2 Å². The van der Waals surface area contributed by atoms with E-state index in [1.807, 2.05) is 0 Å². The zero-order valence-electron chi connectivity index (χ0n) is 8.76. The Morgan fingerprint density at radius 2 is 2.19 bits per heavy atom. The molecule has 2 N–H and O–H groups in total. The molecule has 1 saturated heterocycles. The molecule has 2 heterocycles. The SMILES string of the molecule is O=S(=O)(NC[C@@H]1CCCN1)c1ncccn1. The van der Waals surface area contributed by atoms with Crippen molar-refractivity contribution in [3.63, 3.8) is 0 Å². The van der Waals surface area contributed by atoms with E-state index in [2.05, 4.69) is 20.0 Å². The summed E-state index contributed by atoms with van der Waals surface area (Å²) in [4.78, 5) is 7.43. The van der Waals surface area contributed by atoms with E-state index >= 15 is 0 Å². The van der Waals surface area contributed by atoms with Gasteiger partial charge in [-0.3, -0.25) is 0 Å². The predicted octanol–water partition coefficient (Wildman–Crippen LogP) is -0.493. The van der Waals surface area contributed by atoms with Crippen LogP contribution < -0.4 is 10.0 Å². The molecule has 1 atom stereocenters. The van der Waals surface area contributed by atoms with Gasteiger partial charge in [0.15, 0.2) is 0 Å². The quantitative estimate of drug-likeness (QED) is 0.696. The van der Waals surface area contributed by atoms with Crippen LogP contribution in [-0.2, 0) is 10.0 Å². The third-order valence-electron chi connectivity index (χ3n) is 2.46. The molecule has 1 aromatic rings. The smallest absolute Gasteiger partial charge is 0.276 e. The lowest BCUT2D eigenvalue weighted by Gasteiger charge is -2.10. The average Bonchev–Trinajstić information content (AvgIpc) is 2.81. The lowest BCUT2D eigenvalue weighted by Crippen LogP contribution is -2.37. The maximum Gasteiger partial charge on any atom is 0.276 e. The van der Waals surface area contributed by atoms with Crippen LogP contribution in [0.25, 0.3) is 0 Å². The lowest BCUT2D eigenvalue weighted by atomic mass is 10.2. The van der Waals surface area contributed by atoms with E-state index in [9.17, 15) is 8.42 Å². The molecule has 0 saturated carbocycles. The first-order chi connectivity index (χ1) is 7.68. The summed E-state index contributed by atoms with van der Waals surface area (Å²) in [7, 11) is -3.56. The zero-order valence-corrected chi connectivity index (χ0v) is 9.57. The normalized spacial score (nSPS) is 21.1. The molecule has 0 radical (unpaired) electrons. The highest BCUT2D eigenvalue weighted by atomic mass is 32.2. The largest absolute Gasteiger partial charge is 0.313 e. The standard InChI is InChI=1S/C9H14N4O2S/c14-16(15,9-11-5-2-6-12-9)13-7-8-3-1-4-10-8/h2,5-6,8,10,13H,1,3-4,7H2/t8-/m0/s1. The number of hydrogen-bond donors (Lipinski definition) is 2. The first-order valence-corrected chi connectivity index (χ1v) is 6.67. The minimum absolute atomic E-state index is 0.173. The number of rotatable bonds is 4. The Morgan fingerprint density at radius 1 is 1.44 bits per heavy atom. The van der Waals surface area contributed by atoms with Crippen LogP contribution in [0.4, 0.5) is 0 Å². The van der Waals surface area contributed by atoms with Gasteiger partial charge in [-0.05, 0) is 25.5 Å². The molecule has 88 valence electrons. The number of aromatic nitrogens is 2. The summed E-state index contributed by atoms with van der Waals surface area (Å²) in [5.41, 5.74) is 0. The molecule has 2 rings (SSSR count). The highest BCUT2D eigenvalue weighted by molar-refractivity contribution is 7.89. The van der Waals surface area contributed by atoms with Gasteiger partial charge in [0.2, 0.25) is 0 Å². The predicted molar refractivity (Wildman–Crippen MR) is 58.2 cm³/mol. The van der Waals surface area contributed by atoms with E-state index in [0.29, 0.717) is 6.54 Å². The Morgan fingerprint density at radius 3 is 2.81 bits per heavy atom. The van der Waals surface area contributed by atoms with Gasteiger partial charge in [-0.15, -0.1) is 0 Å². The molecule has 16 heavy (non-hydrogen) atoms. The molecule has 0 aromatic carbocycles. The topological polar surface area (TPSA) is 84.0 Å². The molecule has 1 aromatic heterocycles. The van der Waals surface area contributed by atoms with Gasteiger partial charge in [0.1, 0.15) is 0 Å². The molecule has 1 fully saturated rings. The minimum Gasteiger partial charge on any atom is -0.313 e. The second-order valence-electron chi connectivity index (χ2n) is 3.68. The summed E-state index contributed by atoms with van der Waals surface area (Å²) in [5, 5.41) is 3.04. The summed E-state index contributed by atoms with van der Waals surface area (Å²) in [5.74, 6) is 0. The van der Waals surface area contributed by atoms with Gasteiger partial charge in [0, 0.05) is 25.0 Å². The lowest BCUT2D eigenvalue weighted by molar-refractivity contribution is 0.545. The third kappa shape index (κ3) is 2.75. The molecular weight excluding hydrogens is 228 g/mol. The van der Waals surface area contributed by atoms with Gasteiger partial charge in [0.05, 0.1) is 0 Å². The molecule has 0 amide bonds. The summed E-state index contributed by atoms with van der Waals surface area (Å²) < 4.78 is 26.0. The fourth-order valence-corrected chi connectivity index (χ4v) is 2.58. The van der Waals surface area contributed by atoms with Gasteiger partial charge in [-0.2, -0.15) is 0 Å². The van der Waals surface area contributed by atoms with Crippen LogP contribution >= 0.6 is 0 Å². The van der Waals surface area contributed by atoms with E-state index in [4.69, 9.17) is 0 Å². The Labute approximate surface area is 94.6 Å². The van der Waals surface area contributed by atoms with Gasteiger partial charge in [-0.1, -0.05) is 0 Å². The fourth-order valence-electron chi connectivity index (χ4n) is 1.63. The van der Waals surface area contributed by atoms with Gasteiger partial charge >= 0.3 is 0 Å². The van der Waals surface area contributed by atoms with Crippen LogP contribution in [0.2, 0.25) is 0 Å². The van der Waals surface area contributed by atoms with Crippen molar-refractivity contribution in [1.82, 2.24) is 20.0 Å². The maximum atomic E-state index is 11.7. The van der Waals surface area contributed by atoms with Crippen LogP contribution in [0, 0.1) is 0 Å². The van der Waals surface area contributed by atoms with Gasteiger partial charge < -0.3 is 5.32 Å². The Bertz CT molecular complexity index is 428. The van der Waals surface area contributed by atoms with Crippen molar-refractivity contribution in [2.24, 2.45) is 0 Å². The van der Waals surface area contributed by atoms with Crippen LogP contribution in [0.3, 0.4) is 0 Å². The maximum absolute atomic E-state index is 11.7. The van der Waals surface area contributed by atoms with E-state index in [0.717, 1.165) is 19.4 Å². The van der Waals surface area contributed by atoms with Crippen molar-refractivity contribution in [2.45, 2.75) is 24.0 Å². The molecule has 0 spiro atoms. The van der Waals surface area contributed by atoms with Crippen molar-refractivity contribution < 1.29 is 8.42 Å². The molecule has 1 aliphatic heterocycles. The summed E-state index contributed by atoms with van der Waals surface area (Å²) >= 11 is 0. The molecule has 6 nitrogen and oxygen atoms in total. The average molecular weight is 242 g/mol. The molecule has 7 heteroatoms. The minimum atomic E-state index is -3.56. The summed E-state index contributed by atoms with van der Waals surface area (Å²) in [6.45, 7) is 1.34. The van der Waals surface area contributed by atoms with Gasteiger partial charge in [-0.25, -0.2) is 23.1 Å². The van der Waals surface area contributed by atoms with E-state index in [-0.39, 0.29) is 11.2 Å². The van der Waals surface area contributed by atoms with Crippen molar-refractivity contribution in [1.29, 1.82) is 0 Å². The Kier molecular flexibility index (Phi) is 3.47. The number of nitrogens with zero attached hydrogens (tertiary/aromatic N) is 2. The molecule has 1 aliphatic rings. The number of nitrogens with one attached hydrogen (secondary N) is 2. The zero-order chi connectivity index (χ0) is 11.4. The van der Waals surface area contributed by atoms with Crippen molar-refractivity contribution >= 4 is 10.0 Å². The second-order valence-corrected chi connectivity index (χ2v) is 5.34. The molecular formula is C9H14N4O2S. The molecule has 0 unspecified atom stereocenters. The van der Waals surface area contributed by atoms with Crippen molar-refractivity contribution in [3.05, 3.63) is 18.5 Å².